The van der Waals surface area contributed by atoms with Crippen LogP contribution in [0.5, 0.6) is 0 Å². The Kier molecular flexibility index (Phi) is 9.26. The van der Waals surface area contributed by atoms with Crippen LogP contribution in [0, 0.1) is 5.92 Å². The highest BCUT2D eigenvalue weighted by atomic mass is 16.7. The first kappa shape index (κ1) is 24.7. The third-order valence-corrected chi connectivity index (χ3v) is 7.12. The molecule has 4 fully saturated rings. The van der Waals surface area contributed by atoms with Crippen molar-refractivity contribution in [2.75, 3.05) is 33.3 Å². The molecule has 0 aromatic heterocycles. The molecule has 188 valence electrons. The van der Waals surface area contributed by atoms with Gasteiger partial charge in [0.05, 0.1) is 24.5 Å². The van der Waals surface area contributed by atoms with Crippen molar-refractivity contribution in [3.8, 4) is 0 Å². The average Bonchev–Trinajstić information content (AvgIpc) is 3.33. The summed E-state index contributed by atoms with van der Waals surface area (Å²) in [7, 11) is 1.78. The molecule has 3 aliphatic heterocycles. The summed E-state index contributed by atoms with van der Waals surface area (Å²) in [5, 5.41) is 16.5. The lowest BCUT2D eigenvalue weighted by molar-refractivity contribution is -0.128. The number of methoxy groups -OCH3 is 1. The number of amides is 2. The van der Waals surface area contributed by atoms with Crippen LogP contribution in [0.25, 0.3) is 0 Å². The molecule has 0 aromatic carbocycles. The number of fused-ring (bicyclic) bond motifs is 1. The van der Waals surface area contributed by atoms with Gasteiger partial charge in [-0.15, -0.1) is 0 Å². The highest BCUT2D eigenvalue weighted by Gasteiger charge is 2.39. The van der Waals surface area contributed by atoms with Crippen molar-refractivity contribution < 1.29 is 19.2 Å². The van der Waals surface area contributed by atoms with Crippen LogP contribution in [-0.4, -0.2) is 81.9 Å². The molecule has 12 heteroatoms. The molecule has 1 saturated carbocycles. The summed E-state index contributed by atoms with van der Waals surface area (Å²) in [5.41, 5.74) is 8.84. The molecule has 2 amide bonds. The Morgan fingerprint density at radius 3 is 2.79 bits per heavy atom. The van der Waals surface area contributed by atoms with E-state index in [2.05, 4.69) is 42.9 Å². The quantitative estimate of drug-likeness (QED) is 0.165. The Bertz CT molecular complexity index is 648. The molecule has 5 atom stereocenters. The SMILES string of the molecule is COC1CCC(C2NOC(CCC(=O)NCCCNC3NNC(=O)C4NCCNC34)N2)CC1. The van der Waals surface area contributed by atoms with E-state index in [0.29, 0.717) is 31.4 Å². The maximum absolute atomic E-state index is 12.2. The molecular formula is C21H40N8O4. The first-order valence-electron chi connectivity index (χ1n) is 12.4. The summed E-state index contributed by atoms with van der Waals surface area (Å²) in [6.07, 6.45) is 6.59. The van der Waals surface area contributed by atoms with E-state index in [1.165, 1.54) is 0 Å². The molecule has 0 spiro atoms. The van der Waals surface area contributed by atoms with Gasteiger partial charge in [-0.2, -0.15) is 5.48 Å². The van der Waals surface area contributed by atoms with Crippen LogP contribution in [0.1, 0.15) is 44.9 Å². The summed E-state index contributed by atoms with van der Waals surface area (Å²) in [6, 6.07) is -0.244. The van der Waals surface area contributed by atoms with E-state index in [4.69, 9.17) is 9.57 Å². The molecular weight excluding hydrogens is 428 g/mol. The highest BCUT2D eigenvalue weighted by molar-refractivity contribution is 5.83. The third kappa shape index (κ3) is 6.83. The molecule has 1 aliphatic carbocycles. The van der Waals surface area contributed by atoms with Gasteiger partial charge in [-0.25, -0.2) is 5.43 Å². The van der Waals surface area contributed by atoms with Crippen LogP contribution in [-0.2, 0) is 19.2 Å². The minimum atomic E-state index is -0.238. The second-order valence-electron chi connectivity index (χ2n) is 9.36. The maximum Gasteiger partial charge on any atom is 0.252 e. The molecule has 4 rings (SSSR count). The molecule has 0 radical (unpaired) electrons. The van der Waals surface area contributed by atoms with Crippen LogP contribution in [0.15, 0.2) is 0 Å². The Morgan fingerprint density at radius 2 is 1.97 bits per heavy atom. The van der Waals surface area contributed by atoms with E-state index in [1.54, 1.807) is 7.11 Å². The summed E-state index contributed by atoms with van der Waals surface area (Å²) >= 11 is 0. The zero-order valence-corrected chi connectivity index (χ0v) is 19.5. The van der Waals surface area contributed by atoms with Crippen LogP contribution < -0.4 is 42.9 Å². The summed E-state index contributed by atoms with van der Waals surface area (Å²) < 4.78 is 5.45. The minimum absolute atomic E-state index is 0.00606. The van der Waals surface area contributed by atoms with Gasteiger partial charge in [-0.05, 0) is 51.0 Å². The molecule has 5 unspecified atom stereocenters. The van der Waals surface area contributed by atoms with E-state index in [-0.39, 0.29) is 42.5 Å². The van der Waals surface area contributed by atoms with Gasteiger partial charge < -0.3 is 20.7 Å². The van der Waals surface area contributed by atoms with Gasteiger partial charge in [-0.1, -0.05) is 0 Å². The van der Waals surface area contributed by atoms with Gasteiger partial charge in [0.15, 0.2) is 0 Å². The number of ether oxygens (including phenoxy) is 1. The van der Waals surface area contributed by atoms with E-state index < -0.39 is 0 Å². The lowest BCUT2D eigenvalue weighted by atomic mass is 9.85. The van der Waals surface area contributed by atoms with Crippen molar-refractivity contribution in [3.05, 3.63) is 0 Å². The predicted octanol–water partition coefficient (Wildman–Crippen LogP) is -2.27. The molecule has 3 heterocycles. The molecule has 33 heavy (non-hydrogen) atoms. The number of hydrogen-bond acceptors (Lipinski definition) is 10. The summed E-state index contributed by atoms with van der Waals surface area (Å²) in [4.78, 5) is 29.8. The van der Waals surface area contributed by atoms with E-state index in [1.807, 2.05) is 0 Å². The van der Waals surface area contributed by atoms with Gasteiger partial charge in [0.1, 0.15) is 12.3 Å². The summed E-state index contributed by atoms with van der Waals surface area (Å²) in [5.74, 6) is 0.522. The Balaban J connectivity index is 1.04. The Morgan fingerprint density at radius 1 is 1.15 bits per heavy atom. The predicted molar refractivity (Wildman–Crippen MR) is 121 cm³/mol. The zero-order valence-electron chi connectivity index (χ0n) is 19.5. The second kappa shape index (κ2) is 12.4. The Hall–Kier alpha value is -1.38. The van der Waals surface area contributed by atoms with Crippen LogP contribution in [0.2, 0.25) is 0 Å². The Labute approximate surface area is 195 Å². The number of nitrogens with one attached hydrogen (secondary N) is 8. The highest BCUT2D eigenvalue weighted by Crippen LogP contribution is 2.29. The smallest absolute Gasteiger partial charge is 0.252 e. The monoisotopic (exact) mass is 468 g/mol. The van der Waals surface area contributed by atoms with Gasteiger partial charge in [0.2, 0.25) is 5.91 Å². The lowest BCUT2D eigenvalue weighted by Crippen LogP contribution is -2.77. The number of piperazine rings is 1. The average molecular weight is 469 g/mol. The molecule has 4 aliphatic rings. The number of hydrazine groups is 1. The number of hydrogen-bond donors (Lipinski definition) is 8. The number of carbonyl (C=O) groups is 2. The number of hydroxylamine groups is 1. The molecule has 12 nitrogen and oxygen atoms in total. The van der Waals surface area contributed by atoms with Crippen molar-refractivity contribution in [1.29, 1.82) is 0 Å². The fourth-order valence-corrected chi connectivity index (χ4v) is 5.15. The van der Waals surface area contributed by atoms with E-state index in [0.717, 1.165) is 51.7 Å². The van der Waals surface area contributed by atoms with Crippen LogP contribution >= 0.6 is 0 Å². The summed E-state index contributed by atoms with van der Waals surface area (Å²) in [6.45, 7) is 2.94. The van der Waals surface area contributed by atoms with Gasteiger partial charge in [0, 0.05) is 33.2 Å². The van der Waals surface area contributed by atoms with Crippen LogP contribution in [0.3, 0.4) is 0 Å². The molecule has 3 saturated heterocycles. The van der Waals surface area contributed by atoms with E-state index >= 15 is 0 Å². The zero-order chi connectivity index (χ0) is 23.0. The van der Waals surface area contributed by atoms with E-state index in [9.17, 15) is 9.59 Å². The molecule has 8 N–H and O–H groups in total. The standard InChI is InChI=1S/C21H40N8O4/c1-32-14-5-3-13(4-6-14)19-26-16(33-29-19)8-7-15(30)22-9-2-10-25-20-17-18(21(31)28-27-20)24-12-11-23-17/h13-14,16-20,23-27,29H,2-12H2,1H3,(H,22,30)(H,28,31). The topological polar surface area (TPSA) is 149 Å². The second-order valence-corrected chi connectivity index (χ2v) is 9.36. The fourth-order valence-electron chi connectivity index (χ4n) is 5.15. The van der Waals surface area contributed by atoms with Crippen molar-refractivity contribution in [1.82, 2.24) is 42.9 Å². The van der Waals surface area contributed by atoms with Crippen LogP contribution in [0.4, 0.5) is 0 Å². The first-order valence-corrected chi connectivity index (χ1v) is 12.4. The normalized spacial score (nSPS) is 36.8. The number of carbonyl (C=O) groups excluding carboxylic acids is 2. The lowest BCUT2D eigenvalue weighted by Gasteiger charge is -2.42. The first-order chi connectivity index (χ1) is 16.1. The van der Waals surface area contributed by atoms with Crippen molar-refractivity contribution in [3.63, 3.8) is 0 Å². The molecule has 0 aromatic rings. The van der Waals surface area contributed by atoms with Crippen molar-refractivity contribution in [2.45, 2.75) is 81.7 Å². The minimum Gasteiger partial charge on any atom is -0.381 e. The van der Waals surface area contributed by atoms with Crippen molar-refractivity contribution in [2.24, 2.45) is 5.92 Å². The van der Waals surface area contributed by atoms with Crippen molar-refractivity contribution >= 4 is 11.8 Å². The largest absolute Gasteiger partial charge is 0.381 e. The van der Waals surface area contributed by atoms with Gasteiger partial charge in [-0.3, -0.25) is 30.5 Å². The molecule has 0 bridgehead atoms. The van der Waals surface area contributed by atoms with Gasteiger partial charge in [0.25, 0.3) is 5.91 Å². The number of rotatable bonds is 10. The fraction of sp³-hybridized carbons (Fsp3) is 0.905. The maximum atomic E-state index is 12.2. The third-order valence-electron chi connectivity index (χ3n) is 7.12. The van der Waals surface area contributed by atoms with Gasteiger partial charge >= 0.3 is 0 Å².